The first-order valence-corrected chi connectivity index (χ1v) is 11.1. The Labute approximate surface area is 188 Å². The Bertz CT molecular complexity index is 1100. The molecule has 1 aromatic carbocycles. The van der Waals surface area contributed by atoms with E-state index in [0.717, 1.165) is 55.2 Å². The van der Waals surface area contributed by atoms with E-state index in [9.17, 15) is 4.79 Å². The van der Waals surface area contributed by atoms with Crippen LogP contribution in [0.15, 0.2) is 53.6 Å². The number of nitrogens with one attached hydrogen (secondary N) is 1. The SMILES string of the molecule is COc1ccc(CN2CCCC(c3cc(=O)[nH]c(-c4cccnc4)n3)C2)cc1OC(C)C. The number of likely N-dealkylation sites (tertiary alicyclic amines) is 1. The average Bonchev–Trinajstić information content (AvgIpc) is 2.79. The molecule has 0 aliphatic carbocycles. The summed E-state index contributed by atoms with van der Waals surface area (Å²) >= 11 is 0. The van der Waals surface area contributed by atoms with Crippen molar-refractivity contribution >= 4 is 0 Å². The number of pyridine rings is 1. The molecule has 1 atom stereocenters. The van der Waals surface area contributed by atoms with Crippen molar-refractivity contribution in [2.24, 2.45) is 0 Å². The number of H-pyrrole nitrogens is 1. The van der Waals surface area contributed by atoms with Crippen LogP contribution < -0.4 is 15.0 Å². The van der Waals surface area contributed by atoms with Gasteiger partial charge in [0.05, 0.1) is 18.9 Å². The highest BCUT2D eigenvalue weighted by Crippen LogP contribution is 2.31. The molecule has 0 amide bonds. The molecule has 1 fully saturated rings. The van der Waals surface area contributed by atoms with Crippen LogP contribution >= 0.6 is 0 Å². The Morgan fingerprint density at radius 2 is 2.09 bits per heavy atom. The number of aromatic nitrogens is 3. The molecule has 4 rings (SSSR count). The number of methoxy groups -OCH3 is 1. The van der Waals surface area contributed by atoms with Gasteiger partial charge in [-0.05, 0) is 63.1 Å². The number of benzene rings is 1. The highest BCUT2D eigenvalue weighted by Gasteiger charge is 2.24. The molecule has 168 valence electrons. The van der Waals surface area contributed by atoms with Crippen molar-refractivity contribution in [1.29, 1.82) is 0 Å². The van der Waals surface area contributed by atoms with Gasteiger partial charge in [-0.3, -0.25) is 14.7 Å². The molecule has 32 heavy (non-hydrogen) atoms. The lowest BCUT2D eigenvalue weighted by atomic mass is 9.94. The molecular formula is C25H30N4O3. The van der Waals surface area contributed by atoms with E-state index in [0.29, 0.717) is 5.82 Å². The van der Waals surface area contributed by atoms with Crippen molar-refractivity contribution < 1.29 is 9.47 Å². The number of nitrogens with zero attached hydrogens (tertiary/aromatic N) is 3. The Morgan fingerprint density at radius 3 is 2.84 bits per heavy atom. The summed E-state index contributed by atoms with van der Waals surface area (Å²) < 4.78 is 11.4. The molecule has 0 radical (unpaired) electrons. The van der Waals surface area contributed by atoms with Crippen LogP contribution in [0, 0.1) is 0 Å². The molecule has 3 aromatic rings. The monoisotopic (exact) mass is 434 g/mol. The summed E-state index contributed by atoms with van der Waals surface area (Å²) in [4.78, 5) is 26.5. The Hall–Kier alpha value is -3.19. The first kappa shape index (κ1) is 22.0. The fourth-order valence-corrected chi connectivity index (χ4v) is 4.19. The van der Waals surface area contributed by atoms with E-state index in [2.05, 4.69) is 27.0 Å². The fraction of sp³-hybridized carbons (Fsp3) is 0.400. The van der Waals surface area contributed by atoms with E-state index in [1.807, 2.05) is 32.0 Å². The number of aromatic amines is 1. The van der Waals surface area contributed by atoms with Gasteiger partial charge < -0.3 is 14.5 Å². The molecule has 7 heteroatoms. The Balaban J connectivity index is 1.51. The van der Waals surface area contributed by atoms with Gasteiger partial charge in [-0.2, -0.15) is 0 Å². The van der Waals surface area contributed by atoms with E-state index in [1.165, 1.54) is 5.56 Å². The van der Waals surface area contributed by atoms with Gasteiger partial charge in [-0.25, -0.2) is 4.98 Å². The van der Waals surface area contributed by atoms with Crippen molar-refractivity contribution in [2.75, 3.05) is 20.2 Å². The van der Waals surface area contributed by atoms with Crippen molar-refractivity contribution in [3.05, 3.63) is 70.4 Å². The van der Waals surface area contributed by atoms with Crippen molar-refractivity contribution in [2.45, 2.75) is 45.3 Å². The van der Waals surface area contributed by atoms with Gasteiger partial charge >= 0.3 is 0 Å². The lowest BCUT2D eigenvalue weighted by molar-refractivity contribution is 0.197. The van der Waals surface area contributed by atoms with Crippen molar-refractivity contribution in [1.82, 2.24) is 19.9 Å². The first-order chi connectivity index (χ1) is 15.5. The van der Waals surface area contributed by atoms with E-state index in [4.69, 9.17) is 14.5 Å². The van der Waals surface area contributed by atoms with Crippen molar-refractivity contribution in [3.8, 4) is 22.9 Å². The lowest BCUT2D eigenvalue weighted by Gasteiger charge is -2.32. The normalized spacial score (nSPS) is 16.8. The lowest BCUT2D eigenvalue weighted by Crippen LogP contribution is -2.34. The minimum absolute atomic E-state index is 0.0785. The standard InChI is InChI=1S/C25H30N4O3/c1-17(2)32-23-12-18(8-9-22(23)31-3)15-29-11-5-7-20(16-29)21-13-24(30)28-25(27-21)19-6-4-10-26-14-19/h4,6,8-10,12-14,17,20H,5,7,11,15-16H2,1-3H3,(H,27,28,30). The number of piperidine rings is 1. The summed E-state index contributed by atoms with van der Waals surface area (Å²) in [6.07, 6.45) is 5.59. The van der Waals surface area contributed by atoms with Crippen LogP contribution in [0.1, 0.15) is 43.9 Å². The largest absolute Gasteiger partial charge is 0.493 e. The van der Waals surface area contributed by atoms with Crippen LogP contribution in [0.5, 0.6) is 11.5 Å². The molecule has 7 nitrogen and oxygen atoms in total. The van der Waals surface area contributed by atoms with E-state index in [-0.39, 0.29) is 17.6 Å². The number of ether oxygens (including phenoxy) is 2. The third-order valence-corrected chi connectivity index (χ3v) is 5.62. The van der Waals surface area contributed by atoms with Crippen LogP contribution in [-0.2, 0) is 6.54 Å². The van der Waals surface area contributed by atoms with Crippen LogP contribution in [0.25, 0.3) is 11.4 Å². The molecule has 2 aromatic heterocycles. The van der Waals surface area contributed by atoms with Gasteiger partial charge in [0.1, 0.15) is 5.82 Å². The zero-order chi connectivity index (χ0) is 22.5. The molecular weight excluding hydrogens is 404 g/mol. The van der Waals surface area contributed by atoms with E-state index >= 15 is 0 Å². The molecule has 1 saturated heterocycles. The second-order valence-corrected chi connectivity index (χ2v) is 8.49. The summed E-state index contributed by atoms with van der Waals surface area (Å²) in [6, 6.07) is 11.5. The number of rotatable bonds is 7. The van der Waals surface area contributed by atoms with Crippen LogP contribution in [0.4, 0.5) is 0 Å². The number of hydrogen-bond acceptors (Lipinski definition) is 6. The predicted octanol–water partition coefficient (Wildman–Crippen LogP) is 4.01. The zero-order valence-corrected chi connectivity index (χ0v) is 18.9. The molecule has 0 saturated carbocycles. The molecule has 0 spiro atoms. The van der Waals surface area contributed by atoms with Gasteiger partial charge in [-0.1, -0.05) is 6.07 Å². The predicted molar refractivity (Wildman–Crippen MR) is 124 cm³/mol. The van der Waals surface area contributed by atoms with Crippen LogP contribution in [0.3, 0.4) is 0 Å². The smallest absolute Gasteiger partial charge is 0.251 e. The van der Waals surface area contributed by atoms with Gasteiger partial charge in [0.25, 0.3) is 5.56 Å². The summed E-state index contributed by atoms with van der Waals surface area (Å²) in [7, 11) is 1.66. The summed E-state index contributed by atoms with van der Waals surface area (Å²) in [5.41, 5.74) is 2.71. The molecule has 1 aliphatic heterocycles. The summed E-state index contributed by atoms with van der Waals surface area (Å²) in [6.45, 7) is 6.70. The molecule has 1 N–H and O–H groups in total. The summed E-state index contributed by atoms with van der Waals surface area (Å²) in [5, 5.41) is 0. The zero-order valence-electron chi connectivity index (χ0n) is 18.9. The molecule has 1 unspecified atom stereocenters. The minimum atomic E-state index is -0.128. The molecule has 1 aliphatic rings. The third kappa shape index (κ3) is 5.34. The third-order valence-electron chi connectivity index (χ3n) is 5.62. The van der Waals surface area contributed by atoms with Crippen molar-refractivity contribution in [3.63, 3.8) is 0 Å². The maximum absolute atomic E-state index is 12.3. The first-order valence-electron chi connectivity index (χ1n) is 11.1. The van der Waals surface area contributed by atoms with E-state index in [1.54, 1.807) is 25.6 Å². The maximum atomic E-state index is 12.3. The molecule has 3 heterocycles. The van der Waals surface area contributed by atoms with E-state index < -0.39 is 0 Å². The average molecular weight is 435 g/mol. The number of hydrogen-bond donors (Lipinski definition) is 1. The van der Waals surface area contributed by atoms with Gasteiger partial charge in [0, 0.05) is 43.0 Å². The highest BCUT2D eigenvalue weighted by molar-refractivity contribution is 5.52. The second-order valence-electron chi connectivity index (χ2n) is 8.49. The maximum Gasteiger partial charge on any atom is 0.251 e. The summed E-state index contributed by atoms with van der Waals surface area (Å²) in [5.74, 6) is 2.30. The Kier molecular flexibility index (Phi) is 6.85. The minimum Gasteiger partial charge on any atom is -0.493 e. The van der Waals surface area contributed by atoms with Gasteiger partial charge in [-0.15, -0.1) is 0 Å². The van der Waals surface area contributed by atoms with Gasteiger partial charge in [0.15, 0.2) is 11.5 Å². The topological polar surface area (TPSA) is 80.3 Å². The highest BCUT2D eigenvalue weighted by atomic mass is 16.5. The fourth-order valence-electron chi connectivity index (χ4n) is 4.19. The molecule has 0 bridgehead atoms. The quantitative estimate of drug-likeness (QED) is 0.605. The second kappa shape index (κ2) is 9.96. The van der Waals surface area contributed by atoms with Crippen LogP contribution in [-0.4, -0.2) is 46.2 Å². The van der Waals surface area contributed by atoms with Gasteiger partial charge in [0.2, 0.25) is 0 Å². The van der Waals surface area contributed by atoms with Crippen LogP contribution in [0.2, 0.25) is 0 Å². The Morgan fingerprint density at radius 1 is 1.22 bits per heavy atom.